The lowest BCUT2D eigenvalue weighted by Crippen LogP contribution is -2.45. The van der Waals surface area contributed by atoms with Crippen molar-refractivity contribution in [3.05, 3.63) is 45.4 Å². The smallest absolute Gasteiger partial charge is 0.266 e. The van der Waals surface area contributed by atoms with Crippen molar-refractivity contribution < 1.29 is 9.53 Å². The van der Waals surface area contributed by atoms with E-state index in [1.165, 1.54) is 11.3 Å². The molecule has 4 nitrogen and oxygen atoms in total. The summed E-state index contributed by atoms with van der Waals surface area (Å²) in [6.45, 7) is 4.79. The molecular weight excluding hydrogens is 296 g/mol. The lowest BCUT2D eigenvalue weighted by Gasteiger charge is -2.41. The minimum atomic E-state index is 0.105. The molecule has 1 aliphatic heterocycles. The number of aryl methyl sites for hydroxylation is 2. The van der Waals surface area contributed by atoms with Gasteiger partial charge in [-0.3, -0.25) is 4.79 Å². The summed E-state index contributed by atoms with van der Waals surface area (Å²) in [5.74, 6) is 0.938. The van der Waals surface area contributed by atoms with Crippen molar-refractivity contribution >= 4 is 17.2 Å². The van der Waals surface area contributed by atoms with Crippen LogP contribution in [-0.2, 0) is 6.42 Å². The van der Waals surface area contributed by atoms with Crippen LogP contribution in [0.5, 0.6) is 5.75 Å². The summed E-state index contributed by atoms with van der Waals surface area (Å²) in [4.78, 5) is 20.0. The molecule has 0 N–H and O–H groups in total. The van der Waals surface area contributed by atoms with Gasteiger partial charge >= 0.3 is 0 Å². The van der Waals surface area contributed by atoms with Crippen molar-refractivity contribution in [2.24, 2.45) is 0 Å². The van der Waals surface area contributed by atoms with Gasteiger partial charge in [-0.25, -0.2) is 4.98 Å². The fourth-order valence-corrected chi connectivity index (χ4v) is 3.72. The first-order valence-electron chi connectivity index (χ1n) is 7.55. The molecule has 0 bridgehead atoms. The summed E-state index contributed by atoms with van der Waals surface area (Å²) < 4.78 is 5.28. The average molecular weight is 316 g/mol. The molecule has 0 radical (unpaired) electrons. The zero-order chi connectivity index (χ0) is 15.7. The SMILES string of the molecule is CCc1nc(C)c(C(=O)N2CC[C@H]2c2cccc(OC)c2)s1. The van der Waals surface area contributed by atoms with E-state index in [2.05, 4.69) is 18.0 Å². The van der Waals surface area contributed by atoms with E-state index in [1.807, 2.05) is 30.0 Å². The number of carbonyl (C=O) groups excluding carboxylic acids is 1. The van der Waals surface area contributed by atoms with Crippen molar-refractivity contribution in [3.8, 4) is 5.75 Å². The lowest BCUT2D eigenvalue weighted by atomic mass is 9.94. The number of likely N-dealkylation sites (tertiary alicyclic amines) is 1. The van der Waals surface area contributed by atoms with E-state index in [1.54, 1.807) is 7.11 Å². The number of methoxy groups -OCH3 is 1. The Balaban J connectivity index is 1.82. The first-order chi connectivity index (χ1) is 10.6. The van der Waals surface area contributed by atoms with E-state index in [0.29, 0.717) is 0 Å². The molecule has 1 amide bonds. The number of nitrogens with zero attached hydrogens (tertiary/aromatic N) is 2. The van der Waals surface area contributed by atoms with Crippen LogP contribution in [0.1, 0.15) is 45.3 Å². The molecule has 3 rings (SSSR count). The fourth-order valence-electron chi connectivity index (χ4n) is 2.76. The van der Waals surface area contributed by atoms with Crippen LogP contribution in [0.25, 0.3) is 0 Å². The zero-order valence-electron chi connectivity index (χ0n) is 13.1. The molecule has 1 aliphatic rings. The summed E-state index contributed by atoms with van der Waals surface area (Å²) in [5, 5.41) is 1.03. The van der Waals surface area contributed by atoms with Crippen LogP contribution in [0.2, 0.25) is 0 Å². The molecule has 0 spiro atoms. The first kappa shape index (κ1) is 15.0. The summed E-state index contributed by atoms with van der Waals surface area (Å²) >= 11 is 1.52. The van der Waals surface area contributed by atoms with Gasteiger partial charge in [-0.2, -0.15) is 0 Å². The third-order valence-electron chi connectivity index (χ3n) is 4.10. The molecule has 22 heavy (non-hydrogen) atoms. The Hall–Kier alpha value is -1.88. The number of amides is 1. The third-order valence-corrected chi connectivity index (χ3v) is 5.39. The Bertz CT molecular complexity index is 696. The highest BCUT2D eigenvalue weighted by Gasteiger charge is 2.35. The topological polar surface area (TPSA) is 42.4 Å². The molecule has 116 valence electrons. The molecule has 1 aromatic carbocycles. The molecule has 0 saturated carbocycles. The van der Waals surface area contributed by atoms with Crippen molar-refractivity contribution in [1.82, 2.24) is 9.88 Å². The first-order valence-corrected chi connectivity index (χ1v) is 8.37. The Labute approximate surface area is 134 Å². The van der Waals surface area contributed by atoms with Crippen molar-refractivity contribution in [1.29, 1.82) is 0 Å². The molecular formula is C17H20N2O2S. The Kier molecular flexibility index (Phi) is 4.16. The number of thiazole rings is 1. The van der Waals surface area contributed by atoms with Gasteiger partial charge in [0.2, 0.25) is 0 Å². The molecule has 2 heterocycles. The second kappa shape index (κ2) is 6.08. The number of hydrogen-bond donors (Lipinski definition) is 0. The maximum atomic E-state index is 12.8. The van der Waals surface area contributed by atoms with Gasteiger partial charge in [-0.1, -0.05) is 19.1 Å². The number of ether oxygens (including phenoxy) is 1. The fraction of sp³-hybridized carbons (Fsp3) is 0.412. The Morgan fingerprint density at radius 2 is 2.32 bits per heavy atom. The molecule has 1 aromatic heterocycles. The van der Waals surface area contributed by atoms with Crippen LogP contribution in [-0.4, -0.2) is 29.4 Å². The van der Waals surface area contributed by atoms with Crippen LogP contribution < -0.4 is 4.74 Å². The molecule has 0 unspecified atom stereocenters. The number of carbonyl (C=O) groups is 1. The van der Waals surface area contributed by atoms with E-state index < -0.39 is 0 Å². The second-order valence-electron chi connectivity index (χ2n) is 5.46. The summed E-state index contributed by atoms with van der Waals surface area (Å²) in [6.07, 6.45) is 1.87. The Morgan fingerprint density at radius 3 is 2.91 bits per heavy atom. The predicted molar refractivity (Wildman–Crippen MR) is 87.6 cm³/mol. The van der Waals surface area contributed by atoms with Crippen molar-refractivity contribution in [3.63, 3.8) is 0 Å². The molecule has 1 atom stereocenters. The van der Waals surface area contributed by atoms with Crippen LogP contribution in [0.4, 0.5) is 0 Å². The van der Waals surface area contributed by atoms with Gasteiger partial charge in [0.25, 0.3) is 5.91 Å². The molecule has 1 saturated heterocycles. The lowest BCUT2D eigenvalue weighted by molar-refractivity contribution is 0.0464. The standard InChI is InChI=1S/C17H20N2O2S/c1-4-15-18-11(2)16(22-15)17(20)19-9-8-14(19)12-6-5-7-13(10-12)21-3/h5-7,10,14H,4,8-9H2,1-3H3/t14-/m0/s1. The van der Waals surface area contributed by atoms with Crippen molar-refractivity contribution in [2.75, 3.05) is 13.7 Å². The maximum Gasteiger partial charge on any atom is 0.266 e. The largest absolute Gasteiger partial charge is 0.497 e. The monoisotopic (exact) mass is 316 g/mol. The van der Waals surface area contributed by atoms with E-state index in [0.717, 1.165) is 46.3 Å². The van der Waals surface area contributed by atoms with E-state index in [-0.39, 0.29) is 11.9 Å². The van der Waals surface area contributed by atoms with Gasteiger partial charge in [0, 0.05) is 6.54 Å². The van der Waals surface area contributed by atoms with Gasteiger partial charge in [-0.15, -0.1) is 11.3 Å². The number of rotatable bonds is 4. The number of hydrogen-bond acceptors (Lipinski definition) is 4. The van der Waals surface area contributed by atoms with Gasteiger partial charge in [0.05, 0.1) is 23.9 Å². The van der Waals surface area contributed by atoms with Gasteiger partial charge in [0.1, 0.15) is 10.6 Å². The minimum absolute atomic E-state index is 0.105. The number of aromatic nitrogens is 1. The van der Waals surface area contributed by atoms with Gasteiger partial charge in [-0.05, 0) is 37.5 Å². The highest BCUT2D eigenvalue weighted by atomic mass is 32.1. The van der Waals surface area contributed by atoms with Gasteiger partial charge < -0.3 is 9.64 Å². The quantitative estimate of drug-likeness (QED) is 0.865. The normalized spacial score (nSPS) is 17.2. The second-order valence-corrected chi connectivity index (χ2v) is 6.54. The van der Waals surface area contributed by atoms with Crippen LogP contribution in [0, 0.1) is 6.92 Å². The van der Waals surface area contributed by atoms with Crippen molar-refractivity contribution in [2.45, 2.75) is 32.7 Å². The van der Waals surface area contributed by atoms with E-state index in [9.17, 15) is 4.79 Å². The van der Waals surface area contributed by atoms with Crippen LogP contribution in [0.3, 0.4) is 0 Å². The molecule has 5 heteroatoms. The highest BCUT2D eigenvalue weighted by molar-refractivity contribution is 7.13. The van der Waals surface area contributed by atoms with E-state index in [4.69, 9.17) is 4.74 Å². The van der Waals surface area contributed by atoms with Gasteiger partial charge in [0.15, 0.2) is 0 Å². The summed E-state index contributed by atoms with van der Waals surface area (Å²) in [7, 11) is 1.66. The number of benzene rings is 1. The Morgan fingerprint density at radius 1 is 1.50 bits per heavy atom. The average Bonchev–Trinajstić information content (AvgIpc) is 2.87. The van der Waals surface area contributed by atoms with E-state index >= 15 is 0 Å². The summed E-state index contributed by atoms with van der Waals surface area (Å²) in [6, 6.07) is 8.12. The molecule has 1 fully saturated rings. The highest BCUT2D eigenvalue weighted by Crippen LogP contribution is 2.37. The zero-order valence-corrected chi connectivity index (χ0v) is 13.9. The van der Waals surface area contributed by atoms with Crippen LogP contribution in [0.15, 0.2) is 24.3 Å². The predicted octanol–water partition coefficient (Wildman–Crippen LogP) is 3.61. The minimum Gasteiger partial charge on any atom is -0.497 e. The van der Waals surface area contributed by atoms with Crippen LogP contribution >= 0.6 is 11.3 Å². The summed E-state index contributed by atoms with van der Waals surface area (Å²) in [5.41, 5.74) is 1.99. The third kappa shape index (κ3) is 2.61. The molecule has 2 aromatic rings. The maximum absolute atomic E-state index is 12.8. The molecule has 0 aliphatic carbocycles.